The van der Waals surface area contributed by atoms with E-state index in [4.69, 9.17) is 10.00 Å². The van der Waals surface area contributed by atoms with Crippen LogP contribution in [0.1, 0.15) is 11.3 Å². The number of anilines is 1. The maximum absolute atomic E-state index is 12.5. The minimum atomic E-state index is -3.80. The molecule has 1 aromatic heterocycles. The summed E-state index contributed by atoms with van der Waals surface area (Å²) >= 11 is 0. The van der Waals surface area contributed by atoms with Gasteiger partial charge in [-0.1, -0.05) is 18.2 Å². The van der Waals surface area contributed by atoms with Gasteiger partial charge < -0.3 is 4.74 Å². The molecule has 26 heavy (non-hydrogen) atoms. The van der Waals surface area contributed by atoms with Crippen LogP contribution < -0.4 is 9.46 Å². The monoisotopic (exact) mass is 365 g/mol. The first-order chi connectivity index (χ1) is 12.6. The number of benzene rings is 2. The molecule has 130 valence electrons. The van der Waals surface area contributed by atoms with Crippen LogP contribution in [0, 0.1) is 11.3 Å². The number of nitrogens with one attached hydrogen (secondary N) is 1. The molecule has 2 aromatic carbocycles. The van der Waals surface area contributed by atoms with Crippen molar-refractivity contribution >= 4 is 15.7 Å². The molecule has 0 amide bonds. The van der Waals surface area contributed by atoms with Crippen LogP contribution >= 0.6 is 0 Å². The second kappa shape index (κ2) is 7.68. The Bertz CT molecular complexity index is 1040. The fraction of sp³-hybridized carbons (Fsp3) is 0.0526. The van der Waals surface area contributed by atoms with Gasteiger partial charge in [-0.15, -0.1) is 0 Å². The van der Waals surface area contributed by atoms with Crippen molar-refractivity contribution in [3.05, 3.63) is 84.2 Å². The predicted molar refractivity (Wildman–Crippen MR) is 97.0 cm³/mol. The quantitative estimate of drug-likeness (QED) is 0.723. The zero-order valence-electron chi connectivity index (χ0n) is 13.7. The zero-order chi connectivity index (χ0) is 18.4. The Kier molecular flexibility index (Phi) is 5.15. The first-order valence-corrected chi connectivity index (χ1v) is 9.21. The fourth-order valence-corrected chi connectivity index (χ4v) is 3.33. The minimum Gasteiger partial charge on any atom is -0.487 e. The van der Waals surface area contributed by atoms with Crippen molar-refractivity contribution in [2.45, 2.75) is 11.5 Å². The van der Waals surface area contributed by atoms with Crippen LogP contribution in [0.4, 0.5) is 5.69 Å². The molecule has 7 heteroatoms. The Balaban J connectivity index is 1.74. The summed E-state index contributed by atoms with van der Waals surface area (Å²) in [5, 5.41) is 8.92. The molecule has 3 rings (SSSR count). The summed E-state index contributed by atoms with van der Waals surface area (Å²) in [6.07, 6.45) is 1.68. The zero-order valence-corrected chi connectivity index (χ0v) is 14.5. The van der Waals surface area contributed by atoms with Crippen molar-refractivity contribution in [2.24, 2.45) is 0 Å². The Labute approximate surface area is 151 Å². The molecule has 0 radical (unpaired) electrons. The fourth-order valence-electron chi connectivity index (χ4n) is 2.24. The first kappa shape index (κ1) is 17.5. The highest BCUT2D eigenvalue weighted by molar-refractivity contribution is 7.92. The number of sulfonamides is 1. The Morgan fingerprint density at radius 2 is 1.88 bits per heavy atom. The standard InChI is InChI=1S/C19H15N3O3S/c20-13-15-5-3-9-19(11-15)26(23,24)22-16-7-4-8-18(12-16)25-14-17-6-1-2-10-21-17/h1-12,22H,14H2. The molecular weight excluding hydrogens is 350 g/mol. The van der Waals surface area contributed by atoms with E-state index in [-0.39, 0.29) is 17.1 Å². The van der Waals surface area contributed by atoms with E-state index in [9.17, 15) is 8.42 Å². The van der Waals surface area contributed by atoms with Gasteiger partial charge in [0.15, 0.2) is 0 Å². The molecule has 0 fully saturated rings. The van der Waals surface area contributed by atoms with Crippen molar-refractivity contribution in [3.8, 4) is 11.8 Å². The van der Waals surface area contributed by atoms with Crippen LogP contribution in [0.25, 0.3) is 0 Å². The minimum absolute atomic E-state index is 0.0244. The number of ether oxygens (including phenoxy) is 1. The second-order valence-corrected chi connectivity index (χ2v) is 7.07. The van der Waals surface area contributed by atoms with Crippen molar-refractivity contribution in [1.82, 2.24) is 4.98 Å². The van der Waals surface area contributed by atoms with E-state index in [1.807, 2.05) is 24.3 Å². The topological polar surface area (TPSA) is 92.1 Å². The molecule has 0 aliphatic heterocycles. The molecule has 0 saturated carbocycles. The summed E-state index contributed by atoms with van der Waals surface area (Å²) in [6, 6.07) is 19.9. The molecule has 0 aliphatic carbocycles. The number of aromatic nitrogens is 1. The number of hydrogen-bond acceptors (Lipinski definition) is 5. The van der Waals surface area contributed by atoms with Crippen LogP contribution in [0.3, 0.4) is 0 Å². The third-order valence-corrected chi connectivity index (χ3v) is 4.85. The van der Waals surface area contributed by atoms with Crippen LogP contribution in [0.15, 0.2) is 77.8 Å². The van der Waals surface area contributed by atoms with Gasteiger partial charge in [0.05, 0.1) is 27.9 Å². The summed E-state index contributed by atoms with van der Waals surface area (Å²) in [7, 11) is -3.80. The van der Waals surface area contributed by atoms with Gasteiger partial charge in [0, 0.05) is 12.3 Å². The molecule has 0 aliphatic rings. The van der Waals surface area contributed by atoms with E-state index in [0.29, 0.717) is 11.4 Å². The Morgan fingerprint density at radius 1 is 1.04 bits per heavy atom. The highest BCUT2D eigenvalue weighted by atomic mass is 32.2. The second-order valence-electron chi connectivity index (χ2n) is 5.38. The van der Waals surface area contributed by atoms with E-state index in [0.717, 1.165) is 5.69 Å². The summed E-state index contributed by atoms with van der Waals surface area (Å²) in [5.41, 5.74) is 1.41. The molecule has 0 bridgehead atoms. The highest BCUT2D eigenvalue weighted by Crippen LogP contribution is 2.22. The van der Waals surface area contributed by atoms with Gasteiger partial charge in [0.2, 0.25) is 0 Å². The Hall–Kier alpha value is -3.37. The van der Waals surface area contributed by atoms with Gasteiger partial charge in [-0.25, -0.2) is 8.42 Å². The van der Waals surface area contributed by atoms with Crippen LogP contribution in [0.5, 0.6) is 5.75 Å². The lowest BCUT2D eigenvalue weighted by atomic mass is 10.2. The third kappa shape index (κ3) is 4.37. The van der Waals surface area contributed by atoms with Gasteiger partial charge in [-0.2, -0.15) is 5.26 Å². The lowest BCUT2D eigenvalue weighted by Gasteiger charge is -2.10. The SMILES string of the molecule is N#Cc1cccc(S(=O)(=O)Nc2cccc(OCc3ccccn3)c2)c1. The molecule has 0 spiro atoms. The van der Waals surface area contributed by atoms with Gasteiger partial charge in [0.25, 0.3) is 10.0 Å². The number of pyridine rings is 1. The van der Waals surface area contributed by atoms with Crippen molar-refractivity contribution in [1.29, 1.82) is 5.26 Å². The molecule has 0 saturated heterocycles. The normalized spacial score (nSPS) is 10.7. The summed E-state index contributed by atoms with van der Waals surface area (Å²) in [5.74, 6) is 0.515. The number of rotatable bonds is 6. The lowest BCUT2D eigenvalue weighted by Crippen LogP contribution is -2.13. The van der Waals surface area contributed by atoms with Crippen LogP contribution in [-0.4, -0.2) is 13.4 Å². The van der Waals surface area contributed by atoms with E-state index in [2.05, 4.69) is 9.71 Å². The number of nitriles is 1. The summed E-state index contributed by atoms with van der Waals surface area (Å²) < 4.78 is 33.1. The predicted octanol–water partition coefficient (Wildman–Crippen LogP) is 3.33. The lowest BCUT2D eigenvalue weighted by molar-refractivity contribution is 0.301. The molecule has 1 N–H and O–H groups in total. The molecule has 6 nitrogen and oxygen atoms in total. The van der Waals surface area contributed by atoms with E-state index < -0.39 is 10.0 Å². The number of hydrogen-bond donors (Lipinski definition) is 1. The molecular formula is C19H15N3O3S. The van der Waals surface area contributed by atoms with E-state index >= 15 is 0 Å². The van der Waals surface area contributed by atoms with E-state index in [1.165, 1.54) is 18.2 Å². The molecule has 0 unspecified atom stereocenters. The van der Waals surface area contributed by atoms with Gasteiger partial charge >= 0.3 is 0 Å². The number of nitrogens with zero attached hydrogens (tertiary/aromatic N) is 2. The molecule has 0 atom stereocenters. The van der Waals surface area contributed by atoms with Crippen molar-refractivity contribution in [2.75, 3.05) is 4.72 Å². The maximum atomic E-state index is 12.5. The maximum Gasteiger partial charge on any atom is 0.261 e. The first-order valence-electron chi connectivity index (χ1n) is 7.72. The average Bonchev–Trinajstić information content (AvgIpc) is 2.67. The third-order valence-electron chi connectivity index (χ3n) is 3.47. The van der Waals surface area contributed by atoms with Crippen LogP contribution in [-0.2, 0) is 16.6 Å². The van der Waals surface area contributed by atoms with Gasteiger partial charge in [-0.3, -0.25) is 9.71 Å². The smallest absolute Gasteiger partial charge is 0.261 e. The summed E-state index contributed by atoms with van der Waals surface area (Å²) in [4.78, 5) is 4.19. The molecule has 3 aromatic rings. The van der Waals surface area contributed by atoms with Crippen molar-refractivity contribution in [3.63, 3.8) is 0 Å². The van der Waals surface area contributed by atoms with E-state index in [1.54, 1.807) is 36.5 Å². The highest BCUT2D eigenvalue weighted by Gasteiger charge is 2.15. The van der Waals surface area contributed by atoms with Gasteiger partial charge in [-0.05, 0) is 42.5 Å². The average molecular weight is 365 g/mol. The summed E-state index contributed by atoms with van der Waals surface area (Å²) in [6.45, 7) is 0.279. The Morgan fingerprint density at radius 3 is 2.65 bits per heavy atom. The van der Waals surface area contributed by atoms with Crippen LogP contribution in [0.2, 0.25) is 0 Å². The molecule has 1 heterocycles. The largest absolute Gasteiger partial charge is 0.487 e. The van der Waals surface area contributed by atoms with Gasteiger partial charge in [0.1, 0.15) is 12.4 Å². The van der Waals surface area contributed by atoms with Crippen molar-refractivity contribution < 1.29 is 13.2 Å².